The molecule has 1 rings (SSSR count). The number of aryl methyl sites for hydroxylation is 3. The Labute approximate surface area is 264 Å². The van der Waals surface area contributed by atoms with Gasteiger partial charge in [0.05, 0.1) is 0 Å². The first kappa shape index (κ1) is 39.0. The Morgan fingerprint density at radius 1 is 0.262 bits per heavy atom. The maximum absolute atomic E-state index is 4.87. The molecule has 0 aliphatic carbocycles. The largest absolute Gasteiger partial charge is 0.218 e. The molecule has 1 aromatic heterocycles. The van der Waals surface area contributed by atoms with Crippen LogP contribution in [-0.4, -0.2) is 15.0 Å². The summed E-state index contributed by atoms with van der Waals surface area (Å²) in [7, 11) is 0. The van der Waals surface area contributed by atoms with Crippen LogP contribution in [0.5, 0.6) is 0 Å². The van der Waals surface area contributed by atoms with Gasteiger partial charge in [0, 0.05) is 19.3 Å². The third-order valence-corrected chi connectivity index (χ3v) is 9.10. The second-order valence-electron chi connectivity index (χ2n) is 13.3. The van der Waals surface area contributed by atoms with Crippen molar-refractivity contribution in [2.24, 2.45) is 0 Å². The molecule has 3 heteroatoms. The number of hydrogen-bond donors (Lipinski definition) is 0. The Balaban J connectivity index is 1.99. The van der Waals surface area contributed by atoms with E-state index in [2.05, 4.69) is 20.8 Å². The van der Waals surface area contributed by atoms with Crippen molar-refractivity contribution in [2.45, 2.75) is 233 Å². The molecule has 1 aromatic rings. The average Bonchev–Trinajstić information content (AvgIpc) is 3.01. The molecule has 0 bridgehead atoms. The third kappa shape index (κ3) is 25.5. The molecule has 246 valence electrons. The minimum Gasteiger partial charge on any atom is -0.218 e. The van der Waals surface area contributed by atoms with Crippen molar-refractivity contribution in [3.05, 3.63) is 17.5 Å². The van der Waals surface area contributed by atoms with E-state index in [0.717, 1.165) is 36.7 Å². The minimum absolute atomic E-state index is 0.917. The van der Waals surface area contributed by atoms with Crippen LogP contribution in [0.4, 0.5) is 0 Å². The molecule has 0 atom stereocenters. The smallest absolute Gasteiger partial charge is 0.132 e. The van der Waals surface area contributed by atoms with Gasteiger partial charge in [0.1, 0.15) is 17.5 Å². The van der Waals surface area contributed by atoms with E-state index in [0.29, 0.717) is 0 Å². The highest BCUT2D eigenvalue weighted by atomic mass is 15.0. The summed E-state index contributed by atoms with van der Waals surface area (Å²) in [6.07, 6.45) is 45.3. The van der Waals surface area contributed by atoms with E-state index >= 15 is 0 Å². The minimum atomic E-state index is 0.917. The molecule has 0 fully saturated rings. The van der Waals surface area contributed by atoms with Crippen LogP contribution < -0.4 is 0 Å². The SMILES string of the molecule is CCCCCCCCCCCCCCCCCc1nc(CC)nc(CCCCCCCCCCCCCCCCC)n1. The predicted molar refractivity (Wildman–Crippen MR) is 186 cm³/mol. The van der Waals surface area contributed by atoms with Crippen molar-refractivity contribution in [1.82, 2.24) is 15.0 Å². The lowest BCUT2D eigenvalue weighted by atomic mass is 10.0. The van der Waals surface area contributed by atoms with Gasteiger partial charge >= 0.3 is 0 Å². The molecule has 0 aromatic carbocycles. The zero-order valence-electron chi connectivity index (χ0n) is 29.2. The summed E-state index contributed by atoms with van der Waals surface area (Å²) in [5.41, 5.74) is 0. The second kappa shape index (κ2) is 31.4. The van der Waals surface area contributed by atoms with Crippen LogP contribution in [0.3, 0.4) is 0 Å². The first-order valence-electron chi connectivity index (χ1n) is 19.5. The zero-order valence-corrected chi connectivity index (χ0v) is 29.2. The lowest BCUT2D eigenvalue weighted by Crippen LogP contribution is -2.07. The van der Waals surface area contributed by atoms with Gasteiger partial charge in [-0.15, -0.1) is 0 Å². The lowest BCUT2D eigenvalue weighted by Gasteiger charge is -2.07. The first-order chi connectivity index (χ1) is 20.8. The molecule has 0 amide bonds. The quantitative estimate of drug-likeness (QED) is 0.0770. The Morgan fingerprint density at radius 3 is 0.714 bits per heavy atom. The van der Waals surface area contributed by atoms with Gasteiger partial charge in [-0.1, -0.05) is 201 Å². The van der Waals surface area contributed by atoms with Gasteiger partial charge in [0.25, 0.3) is 0 Å². The molecular weight excluding hydrogens is 510 g/mol. The van der Waals surface area contributed by atoms with Crippen molar-refractivity contribution in [2.75, 3.05) is 0 Å². The first-order valence-corrected chi connectivity index (χ1v) is 19.5. The van der Waals surface area contributed by atoms with Gasteiger partial charge in [0.2, 0.25) is 0 Å². The van der Waals surface area contributed by atoms with E-state index < -0.39 is 0 Å². The van der Waals surface area contributed by atoms with Crippen molar-refractivity contribution >= 4 is 0 Å². The van der Waals surface area contributed by atoms with Crippen LogP contribution in [0.1, 0.15) is 231 Å². The van der Waals surface area contributed by atoms with E-state index in [9.17, 15) is 0 Å². The summed E-state index contributed by atoms with van der Waals surface area (Å²) in [5.74, 6) is 3.09. The Hall–Kier alpha value is -0.990. The van der Waals surface area contributed by atoms with E-state index in [1.807, 2.05) is 0 Å². The van der Waals surface area contributed by atoms with Crippen molar-refractivity contribution in [1.29, 1.82) is 0 Å². The average molecular weight is 586 g/mol. The number of hydrogen-bond acceptors (Lipinski definition) is 3. The summed E-state index contributed by atoms with van der Waals surface area (Å²) in [6.45, 7) is 6.77. The molecule has 0 N–H and O–H groups in total. The highest BCUT2D eigenvalue weighted by molar-refractivity contribution is 4.98. The zero-order chi connectivity index (χ0) is 30.2. The van der Waals surface area contributed by atoms with Crippen LogP contribution >= 0.6 is 0 Å². The van der Waals surface area contributed by atoms with Gasteiger partial charge in [-0.25, -0.2) is 15.0 Å². The van der Waals surface area contributed by atoms with E-state index in [-0.39, 0.29) is 0 Å². The highest BCUT2D eigenvalue weighted by Gasteiger charge is 2.06. The van der Waals surface area contributed by atoms with Gasteiger partial charge < -0.3 is 0 Å². The Morgan fingerprint density at radius 2 is 0.476 bits per heavy atom. The van der Waals surface area contributed by atoms with Gasteiger partial charge in [-0.3, -0.25) is 0 Å². The molecule has 0 spiro atoms. The van der Waals surface area contributed by atoms with Crippen LogP contribution in [0.15, 0.2) is 0 Å². The normalized spacial score (nSPS) is 11.5. The van der Waals surface area contributed by atoms with E-state index in [4.69, 9.17) is 15.0 Å². The summed E-state index contributed by atoms with van der Waals surface area (Å²) in [5, 5.41) is 0. The molecule has 42 heavy (non-hydrogen) atoms. The Bertz CT molecular complexity index is 621. The molecule has 1 heterocycles. The van der Waals surface area contributed by atoms with Crippen LogP contribution in [0.2, 0.25) is 0 Å². The maximum Gasteiger partial charge on any atom is 0.132 e. The lowest BCUT2D eigenvalue weighted by molar-refractivity contribution is 0.529. The summed E-state index contributed by atoms with van der Waals surface area (Å²) in [6, 6.07) is 0. The van der Waals surface area contributed by atoms with E-state index in [1.54, 1.807) is 0 Å². The van der Waals surface area contributed by atoms with Crippen molar-refractivity contribution < 1.29 is 0 Å². The van der Waals surface area contributed by atoms with Gasteiger partial charge in [0.15, 0.2) is 0 Å². The molecular formula is C39H75N3. The number of nitrogens with zero attached hydrogens (tertiary/aromatic N) is 3. The summed E-state index contributed by atoms with van der Waals surface area (Å²) in [4.78, 5) is 14.4. The second-order valence-corrected chi connectivity index (χ2v) is 13.3. The Kier molecular flexibility index (Phi) is 29.2. The van der Waals surface area contributed by atoms with Crippen molar-refractivity contribution in [3.8, 4) is 0 Å². The summed E-state index contributed by atoms with van der Waals surface area (Å²) < 4.78 is 0. The molecule has 0 radical (unpaired) electrons. The number of rotatable bonds is 33. The van der Waals surface area contributed by atoms with E-state index in [1.165, 1.54) is 193 Å². The third-order valence-electron chi connectivity index (χ3n) is 9.10. The molecule has 0 aliphatic rings. The fourth-order valence-electron chi connectivity index (χ4n) is 6.21. The molecule has 0 saturated heterocycles. The molecule has 0 aliphatic heterocycles. The number of unbranched alkanes of at least 4 members (excludes halogenated alkanes) is 28. The molecule has 0 saturated carbocycles. The maximum atomic E-state index is 4.87. The predicted octanol–water partition coefficient (Wildman–Crippen LogP) is 13.3. The topological polar surface area (TPSA) is 38.7 Å². The van der Waals surface area contributed by atoms with Crippen LogP contribution in [0.25, 0.3) is 0 Å². The summed E-state index contributed by atoms with van der Waals surface area (Å²) >= 11 is 0. The van der Waals surface area contributed by atoms with Crippen LogP contribution in [-0.2, 0) is 19.3 Å². The number of aromatic nitrogens is 3. The molecule has 0 unspecified atom stereocenters. The van der Waals surface area contributed by atoms with Gasteiger partial charge in [-0.05, 0) is 12.8 Å². The highest BCUT2D eigenvalue weighted by Crippen LogP contribution is 2.16. The molecule has 3 nitrogen and oxygen atoms in total. The van der Waals surface area contributed by atoms with Gasteiger partial charge in [-0.2, -0.15) is 0 Å². The monoisotopic (exact) mass is 586 g/mol. The van der Waals surface area contributed by atoms with Crippen LogP contribution in [0, 0.1) is 0 Å². The standard InChI is InChI=1S/C39H75N3/c1-4-7-9-11-13-15-17-19-21-23-25-27-29-31-33-35-38-40-37(6-3)41-39(42-38)36-34-32-30-28-26-24-22-20-18-16-14-12-10-8-5-2/h4-36H2,1-3H3. The van der Waals surface area contributed by atoms with Crippen molar-refractivity contribution in [3.63, 3.8) is 0 Å². The fraction of sp³-hybridized carbons (Fsp3) is 0.923. The fourth-order valence-corrected chi connectivity index (χ4v) is 6.21.